The number of halogens is 1. The Balaban J connectivity index is 2.12. The predicted molar refractivity (Wildman–Crippen MR) is 76.6 cm³/mol. The van der Waals surface area contributed by atoms with Crippen LogP contribution in [0.4, 0.5) is 4.39 Å². The van der Waals surface area contributed by atoms with Crippen LogP contribution in [0, 0.1) is 18.7 Å². The van der Waals surface area contributed by atoms with E-state index in [9.17, 15) is 19.1 Å². The third kappa shape index (κ3) is 3.80. The Morgan fingerprint density at radius 3 is 2.52 bits per heavy atom. The molecule has 0 aliphatic heterocycles. The number of aliphatic carboxylic acids is 1. The van der Waals surface area contributed by atoms with Crippen molar-refractivity contribution in [2.24, 2.45) is 5.92 Å². The molecule has 0 bridgehead atoms. The van der Waals surface area contributed by atoms with E-state index in [1.54, 1.807) is 6.92 Å². The van der Waals surface area contributed by atoms with Crippen LogP contribution in [0.1, 0.15) is 48.0 Å². The van der Waals surface area contributed by atoms with E-state index in [0.717, 1.165) is 32.1 Å². The van der Waals surface area contributed by atoms with Gasteiger partial charge in [-0.1, -0.05) is 19.3 Å². The van der Waals surface area contributed by atoms with Gasteiger partial charge in [0.05, 0.1) is 0 Å². The third-order valence-corrected chi connectivity index (χ3v) is 4.11. The van der Waals surface area contributed by atoms with E-state index in [-0.39, 0.29) is 5.92 Å². The first-order valence-corrected chi connectivity index (χ1v) is 7.29. The van der Waals surface area contributed by atoms with E-state index in [1.807, 2.05) is 0 Å². The lowest BCUT2D eigenvalue weighted by Crippen LogP contribution is -2.46. The van der Waals surface area contributed by atoms with Gasteiger partial charge in [0.25, 0.3) is 5.91 Å². The number of carbonyl (C=O) groups excluding carboxylic acids is 1. The van der Waals surface area contributed by atoms with E-state index in [0.29, 0.717) is 11.1 Å². The largest absolute Gasteiger partial charge is 0.480 e. The van der Waals surface area contributed by atoms with Gasteiger partial charge in [-0.15, -0.1) is 0 Å². The Hall–Kier alpha value is -1.91. The van der Waals surface area contributed by atoms with Gasteiger partial charge < -0.3 is 10.4 Å². The highest BCUT2D eigenvalue weighted by Crippen LogP contribution is 2.27. The summed E-state index contributed by atoms with van der Waals surface area (Å²) < 4.78 is 13.1. The fraction of sp³-hybridized carbons (Fsp3) is 0.500. The molecule has 2 N–H and O–H groups in total. The molecular formula is C16H20FNO3. The number of nitrogens with one attached hydrogen (secondary N) is 1. The Labute approximate surface area is 123 Å². The van der Waals surface area contributed by atoms with Crippen molar-refractivity contribution in [3.63, 3.8) is 0 Å². The van der Waals surface area contributed by atoms with Gasteiger partial charge in [-0.05, 0) is 49.4 Å². The van der Waals surface area contributed by atoms with Gasteiger partial charge in [0.15, 0.2) is 0 Å². The van der Waals surface area contributed by atoms with E-state index in [4.69, 9.17) is 0 Å². The Bertz CT molecular complexity index is 538. The maximum Gasteiger partial charge on any atom is 0.326 e. The van der Waals surface area contributed by atoms with Crippen LogP contribution in [0.3, 0.4) is 0 Å². The summed E-state index contributed by atoms with van der Waals surface area (Å²) in [6.45, 7) is 1.63. The van der Waals surface area contributed by atoms with Crippen LogP contribution in [0.2, 0.25) is 0 Å². The zero-order chi connectivity index (χ0) is 15.4. The van der Waals surface area contributed by atoms with Crippen molar-refractivity contribution in [1.29, 1.82) is 0 Å². The van der Waals surface area contributed by atoms with Gasteiger partial charge in [-0.3, -0.25) is 4.79 Å². The van der Waals surface area contributed by atoms with Crippen molar-refractivity contribution in [2.45, 2.75) is 45.1 Å². The van der Waals surface area contributed by atoms with Crippen molar-refractivity contribution >= 4 is 11.9 Å². The van der Waals surface area contributed by atoms with E-state index < -0.39 is 23.7 Å². The van der Waals surface area contributed by atoms with Crippen LogP contribution >= 0.6 is 0 Å². The second-order valence-corrected chi connectivity index (χ2v) is 5.65. The van der Waals surface area contributed by atoms with Crippen molar-refractivity contribution in [3.05, 3.63) is 35.1 Å². The topological polar surface area (TPSA) is 66.4 Å². The Morgan fingerprint density at radius 1 is 1.29 bits per heavy atom. The molecule has 1 aromatic carbocycles. The first-order valence-electron chi connectivity index (χ1n) is 7.29. The van der Waals surface area contributed by atoms with Crippen LogP contribution in [0.15, 0.2) is 18.2 Å². The standard InChI is InChI=1S/C16H20FNO3/c1-10-9-12(17)7-8-13(10)15(19)18-14(16(20)21)11-5-3-2-4-6-11/h7-9,11,14H,2-6H2,1H3,(H,18,19)(H,20,21). The predicted octanol–water partition coefficient (Wildman–Crippen LogP) is 2.90. The summed E-state index contributed by atoms with van der Waals surface area (Å²) in [7, 11) is 0. The van der Waals surface area contributed by atoms with E-state index in [1.165, 1.54) is 18.2 Å². The number of carboxylic acids is 1. The first kappa shape index (κ1) is 15.5. The van der Waals surface area contributed by atoms with Crippen molar-refractivity contribution in [1.82, 2.24) is 5.32 Å². The zero-order valence-electron chi connectivity index (χ0n) is 12.1. The molecule has 0 aromatic heterocycles. The summed E-state index contributed by atoms with van der Waals surface area (Å²) in [6.07, 6.45) is 4.76. The minimum atomic E-state index is -1.00. The van der Waals surface area contributed by atoms with Gasteiger partial charge in [0, 0.05) is 5.56 Å². The zero-order valence-corrected chi connectivity index (χ0v) is 12.1. The average molecular weight is 293 g/mol. The molecule has 0 spiro atoms. The molecule has 2 rings (SSSR count). The Kier molecular flexibility index (Phi) is 4.94. The van der Waals surface area contributed by atoms with Crippen LogP contribution in [-0.2, 0) is 4.79 Å². The monoisotopic (exact) mass is 293 g/mol. The molecule has 1 amide bonds. The van der Waals surface area contributed by atoms with Gasteiger partial charge in [-0.2, -0.15) is 0 Å². The van der Waals surface area contributed by atoms with Gasteiger partial charge in [0.2, 0.25) is 0 Å². The normalized spacial score (nSPS) is 17.2. The molecule has 0 saturated heterocycles. The molecule has 0 heterocycles. The molecule has 5 heteroatoms. The highest BCUT2D eigenvalue weighted by atomic mass is 19.1. The molecule has 1 aromatic rings. The van der Waals surface area contributed by atoms with Gasteiger partial charge in [0.1, 0.15) is 11.9 Å². The lowest BCUT2D eigenvalue weighted by molar-refractivity contribution is -0.141. The number of rotatable bonds is 4. The average Bonchev–Trinajstić information content (AvgIpc) is 2.45. The fourth-order valence-electron chi connectivity index (χ4n) is 2.95. The Morgan fingerprint density at radius 2 is 1.95 bits per heavy atom. The van der Waals surface area contributed by atoms with Crippen molar-refractivity contribution < 1.29 is 19.1 Å². The SMILES string of the molecule is Cc1cc(F)ccc1C(=O)NC(C(=O)O)C1CCCCC1. The molecular weight excluding hydrogens is 273 g/mol. The van der Waals surface area contributed by atoms with Crippen LogP contribution in [-0.4, -0.2) is 23.0 Å². The minimum absolute atomic E-state index is 0.0269. The highest BCUT2D eigenvalue weighted by molar-refractivity contribution is 5.97. The molecule has 1 saturated carbocycles. The molecule has 0 radical (unpaired) electrons. The minimum Gasteiger partial charge on any atom is -0.480 e. The number of carboxylic acid groups (broad SMARTS) is 1. The molecule has 1 atom stereocenters. The van der Waals surface area contributed by atoms with Crippen molar-refractivity contribution in [3.8, 4) is 0 Å². The number of aryl methyl sites for hydroxylation is 1. The molecule has 1 unspecified atom stereocenters. The number of hydrogen-bond donors (Lipinski definition) is 2. The number of benzene rings is 1. The highest BCUT2D eigenvalue weighted by Gasteiger charge is 2.31. The van der Waals surface area contributed by atoms with Crippen molar-refractivity contribution in [2.75, 3.05) is 0 Å². The molecule has 114 valence electrons. The lowest BCUT2D eigenvalue weighted by atomic mass is 9.83. The summed E-state index contributed by atoms with van der Waals surface area (Å²) in [4.78, 5) is 23.7. The fourth-order valence-corrected chi connectivity index (χ4v) is 2.95. The second kappa shape index (κ2) is 6.70. The summed E-state index contributed by atoms with van der Waals surface area (Å²) in [6, 6.07) is 2.99. The smallest absolute Gasteiger partial charge is 0.326 e. The van der Waals surface area contributed by atoms with Crippen LogP contribution in [0.25, 0.3) is 0 Å². The van der Waals surface area contributed by atoms with Crippen LogP contribution < -0.4 is 5.32 Å². The molecule has 1 aliphatic carbocycles. The summed E-state index contributed by atoms with van der Waals surface area (Å²) >= 11 is 0. The second-order valence-electron chi connectivity index (χ2n) is 5.65. The number of hydrogen-bond acceptors (Lipinski definition) is 2. The third-order valence-electron chi connectivity index (χ3n) is 4.11. The maximum atomic E-state index is 13.1. The maximum absolute atomic E-state index is 13.1. The molecule has 1 fully saturated rings. The summed E-state index contributed by atoms with van der Waals surface area (Å²) in [5.74, 6) is -1.90. The lowest BCUT2D eigenvalue weighted by Gasteiger charge is -2.28. The number of carbonyl (C=O) groups is 2. The molecule has 21 heavy (non-hydrogen) atoms. The van der Waals surface area contributed by atoms with Gasteiger partial charge >= 0.3 is 5.97 Å². The molecule has 4 nitrogen and oxygen atoms in total. The summed E-state index contributed by atoms with van der Waals surface area (Å²) in [5, 5.41) is 12.0. The van der Waals surface area contributed by atoms with Gasteiger partial charge in [-0.25, -0.2) is 9.18 Å². The van der Waals surface area contributed by atoms with E-state index in [2.05, 4.69) is 5.32 Å². The summed E-state index contributed by atoms with van der Waals surface area (Å²) in [5.41, 5.74) is 0.818. The molecule has 1 aliphatic rings. The first-order chi connectivity index (χ1) is 9.99. The quantitative estimate of drug-likeness (QED) is 0.897. The number of amides is 1. The van der Waals surface area contributed by atoms with Crippen LogP contribution in [0.5, 0.6) is 0 Å². The van der Waals surface area contributed by atoms with E-state index >= 15 is 0 Å².